The van der Waals surface area contributed by atoms with Crippen LogP contribution in [0.25, 0.3) is 0 Å². The van der Waals surface area contributed by atoms with E-state index < -0.39 is 0 Å². The number of hydrogen-bond donors (Lipinski definition) is 2. The molecule has 1 aromatic carbocycles. The van der Waals surface area contributed by atoms with Crippen LogP contribution in [0.1, 0.15) is 29.1 Å². The summed E-state index contributed by atoms with van der Waals surface area (Å²) in [5.74, 6) is 0. The lowest BCUT2D eigenvalue weighted by Gasteiger charge is -2.27. The number of hydrogen-bond acceptors (Lipinski definition) is 4. The van der Waals surface area contributed by atoms with Crippen LogP contribution in [0.4, 0.5) is 5.69 Å². The number of thiophene rings is 1. The molecule has 0 saturated carbocycles. The first-order chi connectivity index (χ1) is 13.7. The summed E-state index contributed by atoms with van der Waals surface area (Å²) in [6, 6.07) is 20.4. The molecule has 1 aliphatic heterocycles. The molecule has 2 atom stereocenters. The summed E-state index contributed by atoms with van der Waals surface area (Å²) in [5, 5.41) is 7.71. The molecule has 0 radical (unpaired) electrons. The van der Waals surface area contributed by atoms with E-state index in [1.165, 1.54) is 4.88 Å². The molecule has 0 aliphatic carbocycles. The van der Waals surface area contributed by atoms with E-state index in [4.69, 9.17) is 23.8 Å². The lowest BCUT2D eigenvalue weighted by atomic mass is 10.0. The summed E-state index contributed by atoms with van der Waals surface area (Å²) >= 11 is 13.5. The third kappa shape index (κ3) is 4.29. The second kappa shape index (κ2) is 8.90. The van der Waals surface area contributed by atoms with Crippen molar-refractivity contribution in [2.24, 2.45) is 0 Å². The van der Waals surface area contributed by atoms with Crippen molar-refractivity contribution in [3.05, 3.63) is 81.8 Å². The maximum absolute atomic E-state index is 6.23. The fourth-order valence-corrected chi connectivity index (χ4v) is 5.02. The van der Waals surface area contributed by atoms with E-state index in [0.29, 0.717) is 0 Å². The number of benzene rings is 1. The molecule has 4 rings (SSSR count). The van der Waals surface area contributed by atoms with Gasteiger partial charge < -0.3 is 15.5 Å². The van der Waals surface area contributed by atoms with Crippen molar-refractivity contribution in [1.29, 1.82) is 0 Å². The molecule has 1 fully saturated rings. The van der Waals surface area contributed by atoms with Gasteiger partial charge in [0.2, 0.25) is 0 Å². The van der Waals surface area contributed by atoms with E-state index in [0.717, 1.165) is 40.3 Å². The van der Waals surface area contributed by atoms with E-state index >= 15 is 0 Å². The first kappa shape index (κ1) is 19.2. The van der Waals surface area contributed by atoms with Gasteiger partial charge in [0.15, 0.2) is 5.11 Å². The van der Waals surface area contributed by atoms with E-state index in [1.54, 1.807) is 11.3 Å². The normalized spacial score (nSPS) is 18.9. The molecule has 7 heteroatoms. The van der Waals surface area contributed by atoms with Crippen LogP contribution in [0.15, 0.2) is 66.9 Å². The summed E-state index contributed by atoms with van der Waals surface area (Å²) in [7, 11) is 0. The molecule has 3 heterocycles. The van der Waals surface area contributed by atoms with Crippen LogP contribution < -0.4 is 10.6 Å². The van der Waals surface area contributed by atoms with Crippen molar-refractivity contribution in [2.75, 3.05) is 18.4 Å². The highest BCUT2D eigenvalue weighted by Crippen LogP contribution is 2.42. The number of aromatic nitrogens is 1. The van der Waals surface area contributed by atoms with Crippen molar-refractivity contribution >= 4 is 46.0 Å². The Kier molecular flexibility index (Phi) is 6.10. The lowest BCUT2D eigenvalue weighted by molar-refractivity contribution is 0.321. The average molecular weight is 429 g/mol. The Morgan fingerprint density at radius 2 is 1.93 bits per heavy atom. The van der Waals surface area contributed by atoms with E-state index in [1.807, 2.05) is 48.7 Å². The molecule has 1 saturated heterocycles. The van der Waals surface area contributed by atoms with Crippen molar-refractivity contribution < 1.29 is 0 Å². The van der Waals surface area contributed by atoms with Gasteiger partial charge in [0.1, 0.15) is 0 Å². The van der Waals surface area contributed by atoms with Crippen molar-refractivity contribution in [3.8, 4) is 0 Å². The Labute approximate surface area is 179 Å². The first-order valence-corrected chi connectivity index (χ1v) is 10.8. The molecule has 2 aromatic heterocycles. The van der Waals surface area contributed by atoms with Crippen LogP contribution >= 0.6 is 35.2 Å². The quantitative estimate of drug-likeness (QED) is 0.396. The number of thiocarbonyl (C=S) groups is 1. The molecule has 1 aliphatic rings. The molecule has 0 amide bonds. The predicted octanol–water partition coefficient (Wildman–Crippen LogP) is 5.27. The zero-order chi connectivity index (χ0) is 19.3. The summed E-state index contributed by atoms with van der Waals surface area (Å²) in [5.41, 5.74) is 2.13. The van der Waals surface area contributed by atoms with Gasteiger partial charge in [-0.15, -0.1) is 11.3 Å². The molecule has 3 aromatic rings. The summed E-state index contributed by atoms with van der Waals surface area (Å²) in [4.78, 5) is 8.02. The van der Waals surface area contributed by atoms with Crippen molar-refractivity contribution in [1.82, 2.24) is 15.2 Å². The highest BCUT2D eigenvalue weighted by atomic mass is 35.5. The Morgan fingerprint density at radius 1 is 1.11 bits per heavy atom. The monoisotopic (exact) mass is 428 g/mol. The Balaban J connectivity index is 1.48. The maximum Gasteiger partial charge on any atom is 0.170 e. The zero-order valence-electron chi connectivity index (χ0n) is 15.2. The van der Waals surface area contributed by atoms with Crippen LogP contribution in [0.5, 0.6) is 0 Å². The fourth-order valence-electron chi connectivity index (χ4n) is 3.48. The molecule has 0 bridgehead atoms. The second-order valence-corrected chi connectivity index (χ2v) is 8.74. The van der Waals surface area contributed by atoms with Gasteiger partial charge >= 0.3 is 0 Å². The van der Waals surface area contributed by atoms with Gasteiger partial charge in [-0.2, -0.15) is 0 Å². The minimum Gasteiger partial charge on any atom is -0.385 e. The van der Waals surface area contributed by atoms with Crippen LogP contribution in [-0.4, -0.2) is 28.1 Å². The smallest absolute Gasteiger partial charge is 0.170 e. The highest BCUT2D eigenvalue weighted by Gasteiger charge is 2.40. The second-order valence-electron chi connectivity index (χ2n) is 6.61. The first-order valence-electron chi connectivity index (χ1n) is 9.24. The van der Waals surface area contributed by atoms with Crippen molar-refractivity contribution in [2.45, 2.75) is 18.5 Å². The van der Waals surface area contributed by atoms with Crippen LogP contribution in [0.2, 0.25) is 4.34 Å². The SMILES string of the molecule is S=C1NC(c2ccccn2)C(c2ccc(Cl)s2)N1CCCNc1ccccc1. The van der Waals surface area contributed by atoms with Crippen molar-refractivity contribution in [3.63, 3.8) is 0 Å². The van der Waals surface area contributed by atoms with Gasteiger partial charge in [0.25, 0.3) is 0 Å². The molecular weight excluding hydrogens is 408 g/mol. The van der Waals surface area contributed by atoms with Gasteiger partial charge in [0.05, 0.1) is 22.1 Å². The van der Waals surface area contributed by atoms with Crippen LogP contribution in [0, 0.1) is 0 Å². The number of halogens is 1. The van der Waals surface area contributed by atoms with E-state index in [2.05, 4.69) is 38.7 Å². The third-order valence-electron chi connectivity index (χ3n) is 4.76. The number of pyridine rings is 1. The highest BCUT2D eigenvalue weighted by molar-refractivity contribution is 7.80. The minimum absolute atomic E-state index is 0.0190. The van der Waals surface area contributed by atoms with Gasteiger partial charge in [0, 0.05) is 29.9 Å². The Bertz CT molecular complexity index is 916. The Morgan fingerprint density at radius 3 is 2.64 bits per heavy atom. The van der Waals surface area contributed by atoms with Crippen LogP contribution in [-0.2, 0) is 0 Å². The van der Waals surface area contributed by atoms with Gasteiger partial charge in [-0.25, -0.2) is 0 Å². The van der Waals surface area contributed by atoms with Gasteiger partial charge in [-0.1, -0.05) is 35.9 Å². The van der Waals surface area contributed by atoms with E-state index in [-0.39, 0.29) is 12.1 Å². The standard InChI is InChI=1S/C21H21ClN4S2/c22-18-11-10-17(28-18)20-19(16-9-4-5-12-24-16)25-21(27)26(20)14-6-13-23-15-7-2-1-3-8-15/h1-5,7-12,19-20,23H,6,13-14H2,(H,25,27). The fraction of sp³-hybridized carbons (Fsp3) is 0.238. The molecule has 144 valence electrons. The number of nitrogens with zero attached hydrogens (tertiary/aromatic N) is 2. The molecule has 28 heavy (non-hydrogen) atoms. The summed E-state index contributed by atoms with van der Waals surface area (Å²) in [6.07, 6.45) is 2.80. The lowest BCUT2D eigenvalue weighted by Crippen LogP contribution is -2.31. The number of nitrogens with one attached hydrogen (secondary N) is 2. The van der Waals surface area contributed by atoms with Gasteiger partial charge in [-0.3, -0.25) is 4.98 Å². The largest absolute Gasteiger partial charge is 0.385 e. The summed E-state index contributed by atoms with van der Waals surface area (Å²) in [6.45, 7) is 1.74. The maximum atomic E-state index is 6.23. The number of rotatable bonds is 7. The number of anilines is 1. The van der Waals surface area contributed by atoms with Gasteiger partial charge in [-0.05, 0) is 55.0 Å². The zero-order valence-corrected chi connectivity index (χ0v) is 17.6. The molecule has 2 N–H and O–H groups in total. The molecule has 0 spiro atoms. The molecule has 4 nitrogen and oxygen atoms in total. The predicted molar refractivity (Wildman–Crippen MR) is 121 cm³/mol. The summed E-state index contributed by atoms with van der Waals surface area (Å²) < 4.78 is 0.790. The number of para-hydroxylation sites is 1. The third-order valence-corrected chi connectivity index (χ3v) is 6.42. The minimum atomic E-state index is 0.0190. The average Bonchev–Trinajstić information content (AvgIpc) is 3.29. The molecular formula is C21H21ClN4S2. The van der Waals surface area contributed by atoms with Crippen LogP contribution in [0.3, 0.4) is 0 Å². The van der Waals surface area contributed by atoms with E-state index in [9.17, 15) is 0 Å². The molecule has 2 unspecified atom stereocenters. The Hall–Kier alpha value is -2.15. The topological polar surface area (TPSA) is 40.2 Å².